The Kier molecular flexibility index (Phi) is 7.34. The smallest absolute Gasteiger partial charge is 0.416 e. The molecular weight excluding hydrogens is 549 g/mol. The zero-order valence-electron chi connectivity index (χ0n) is 23.3. The van der Waals surface area contributed by atoms with Gasteiger partial charge in [0.25, 0.3) is 0 Å². The normalized spacial score (nSPS) is 16.7. The lowest BCUT2D eigenvalue weighted by Crippen LogP contribution is -2.38. The molecule has 0 saturated carbocycles. The zero-order valence-corrected chi connectivity index (χ0v) is 23.3. The number of aromatic nitrogens is 4. The van der Waals surface area contributed by atoms with Gasteiger partial charge >= 0.3 is 18.0 Å². The summed E-state index contributed by atoms with van der Waals surface area (Å²) in [5, 5.41) is 14.3. The lowest BCUT2D eigenvalue weighted by atomic mass is 10.00. The third kappa shape index (κ3) is 5.19. The van der Waals surface area contributed by atoms with Crippen molar-refractivity contribution in [3.8, 4) is 11.3 Å². The summed E-state index contributed by atoms with van der Waals surface area (Å²) in [6.07, 6.45) is -2.37. The number of para-hydroxylation sites is 2. The minimum absolute atomic E-state index is 0.0171. The van der Waals surface area contributed by atoms with Crippen molar-refractivity contribution in [2.24, 2.45) is 7.05 Å². The molecule has 42 heavy (non-hydrogen) atoms. The van der Waals surface area contributed by atoms with Crippen LogP contribution in [0.3, 0.4) is 0 Å². The Labute approximate surface area is 240 Å². The predicted octanol–water partition coefficient (Wildman–Crippen LogP) is 4.99. The van der Waals surface area contributed by atoms with Crippen LogP contribution < -0.4 is 5.69 Å². The number of likely N-dealkylation sites (tertiary alicyclic amines) is 1. The molecule has 1 amide bonds. The second kappa shape index (κ2) is 11.0. The fourth-order valence-electron chi connectivity index (χ4n) is 6.41. The highest BCUT2D eigenvalue weighted by Crippen LogP contribution is 2.34. The third-order valence-electron chi connectivity index (χ3n) is 8.65. The van der Waals surface area contributed by atoms with E-state index in [0.29, 0.717) is 30.8 Å². The SMILES string of the molecule is Cn1c(=O)n(C2CCN(CCCn3nc(-c4ccc(C(F)(F)F)cc4)c4c3CCN(C(=O)O)C4)CC2)c2ccccc21. The van der Waals surface area contributed by atoms with Crippen LogP contribution in [0.15, 0.2) is 53.3 Å². The van der Waals surface area contributed by atoms with E-state index >= 15 is 0 Å². The average Bonchev–Trinajstić information content (AvgIpc) is 3.47. The molecule has 0 unspecified atom stereocenters. The van der Waals surface area contributed by atoms with Crippen LogP contribution in [-0.2, 0) is 32.7 Å². The van der Waals surface area contributed by atoms with Gasteiger partial charge in [-0.2, -0.15) is 18.3 Å². The van der Waals surface area contributed by atoms with E-state index in [0.717, 1.165) is 73.3 Å². The molecule has 0 atom stereocenters. The Morgan fingerprint density at radius 2 is 1.69 bits per heavy atom. The van der Waals surface area contributed by atoms with Crippen molar-refractivity contribution in [2.45, 2.75) is 51.0 Å². The van der Waals surface area contributed by atoms with Gasteiger partial charge in [-0.3, -0.25) is 13.8 Å². The summed E-state index contributed by atoms with van der Waals surface area (Å²) in [6, 6.07) is 12.9. The molecule has 1 fully saturated rings. The van der Waals surface area contributed by atoms with E-state index in [1.54, 1.807) is 4.57 Å². The van der Waals surface area contributed by atoms with Gasteiger partial charge in [0.1, 0.15) is 0 Å². The Hall–Kier alpha value is -4.06. The van der Waals surface area contributed by atoms with Gasteiger partial charge in [-0.25, -0.2) is 9.59 Å². The van der Waals surface area contributed by atoms with Crippen LogP contribution in [0.2, 0.25) is 0 Å². The van der Waals surface area contributed by atoms with E-state index in [4.69, 9.17) is 5.10 Å². The molecule has 2 aromatic carbocycles. The molecule has 1 N–H and O–H groups in total. The van der Waals surface area contributed by atoms with Crippen LogP contribution in [0, 0.1) is 0 Å². The number of hydrogen-bond acceptors (Lipinski definition) is 4. The molecule has 0 bridgehead atoms. The third-order valence-corrected chi connectivity index (χ3v) is 8.65. The Morgan fingerprint density at radius 1 is 1.00 bits per heavy atom. The van der Waals surface area contributed by atoms with Crippen LogP contribution >= 0.6 is 0 Å². The van der Waals surface area contributed by atoms with Crippen LogP contribution in [0.1, 0.15) is 42.1 Å². The number of nitrogens with zero attached hydrogens (tertiary/aromatic N) is 6. The molecule has 0 spiro atoms. The molecule has 1 saturated heterocycles. The van der Waals surface area contributed by atoms with Crippen molar-refractivity contribution >= 4 is 17.1 Å². The topological polar surface area (TPSA) is 88.5 Å². The fraction of sp³-hybridized carbons (Fsp3) is 0.433. The van der Waals surface area contributed by atoms with Gasteiger partial charge in [0.15, 0.2) is 0 Å². The monoisotopic (exact) mass is 582 g/mol. The number of benzene rings is 2. The van der Waals surface area contributed by atoms with Crippen molar-refractivity contribution in [1.82, 2.24) is 28.7 Å². The molecule has 9 nitrogen and oxygen atoms in total. The molecule has 12 heteroatoms. The van der Waals surface area contributed by atoms with E-state index in [9.17, 15) is 27.9 Å². The van der Waals surface area contributed by atoms with Crippen molar-refractivity contribution in [2.75, 3.05) is 26.2 Å². The fourth-order valence-corrected chi connectivity index (χ4v) is 6.41. The summed E-state index contributed by atoms with van der Waals surface area (Å²) in [5.74, 6) is 0. The first kappa shape index (κ1) is 28.1. The van der Waals surface area contributed by atoms with Gasteiger partial charge in [0.2, 0.25) is 0 Å². The zero-order chi connectivity index (χ0) is 29.6. The van der Waals surface area contributed by atoms with Gasteiger partial charge in [0, 0.05) is 62.5 Å². The molecule has 222 valence electrons. The molecule has 2 aliphatic heterocycles. The van der Waals surface area contributed by atoms with Crippen LogP contribution in [-0.4, -0.2) is 66.1 Å². The highest BCUT2D eigenvalue weighted by Gasteiger charge is 2.32. The Morgan fingerprint density at radius 3 is 2.36 bits per heavy atom. The number of carboxylic acid groups (broad SMARTS) is 1. The number of imidazole rings is 1. The van der Waals surface area contributed by atoms with Crippen molar-refractivity contribution in [3.63, 3.8) is 0 Å². The van der Waals surface area contributed by atoms with E-state index in [2.05, 4.69) is 4.90 Å². The number of rotatable bonds is 6. The molecule has 4 aromatic rings. The Balaban J connectivity index is 1.13. The first-order valence-corrected chi connectivity index (χ1v) is 14.2. The second-order valence-electron chi connectivity index (χ2n) is 11.2. The first-order valence-electron chi connectivity index (χ1n) is 14.2. The molecule has 2 aromatic heterocycles. The minimum atomic E-state index is -4.43. The minimum Gasteiger partial charge on any atom is -0.465 e. The summed E-state index contributed by atoms with van der Waals surface area (Å²) in [4.78, 5) is 28.3. The summed E-state index contributed by atoms with van der Waals surface area (Å²) in [6.45, 7) is 3.73. The maximum absolute atomic E-state index is 13.1. The average molecular weight is 583 g/mol. The maximum Gasteiger partial charge on any atom is 0.416 e. The van der Waals surface area contributed by atoms with Gasteiger partial charge < -0.3 is 14.9 Å². The van der Waals surface area contributed by atoms with E-state index < -0.39 is 17.8 Å². The number of halogens is 3. The quantitative estimate of drug-likeness (QED) is 0.346. The summed E-state index contributed by atoms with van der Waals surface area (Å²) < 4.78 is 44.9. The highest BCUT2D eigenvalue weighted by molar-refractivity contribution is 5.76. The highest BCUT2D eigenvalue weighted by atomic mass is 19.4. The van der Waals surface area contributed by atoms with Crippen LogP contribution in [0.5, 0.6) is 0 Å². The molecular formula is C30H33F3N6O3. The summed E-state index contributed by atoms with van der Waals surface area (Å²) >= 11 is 0. The number of aryl methyl sites for hydroxylation is 2. The number of alkyl halides is 3. The number of amides is 1. The van der Waals surface area contributed by atoms with Crippen molar-refractivity contribution in [1.29, 1.82) is 0 Å². The largest absolute Gasteiger partial charge is 0.465 e. The summed E-state index contributed by atoms with van der Waals surface area (Å²) in [7, 11) is 1.81. The predicted molar refractivity (Wildman–Crippen MR) is 151 cm³/mol. The van der Waals surface area contributed by atoms with Crippen molar-refractivity contribution in [3.05, 3.63) is 75.8 Å². The number of carbonyl (C=O) groups is 1. The molecule has 4 heterocycles. The molecule has 0 radical (unpaired) electrons. The molecule has 2 aliphatic rings. The lowest BCUT2D eigenvalue weighted by molar-refractivity contribution is -0.137. The van der Waals surface area contributed by atoms with Gasteiger partial charge in [0.05, 0.1) is 28.8 Å². The summed E-state index contributed by atoms with van der Waals surface area (Å²) in [5.41, 5.74) is 3.96. The van der Waals surface area contributed by atoms with Gasteiger partial charge in [-0.1, -0.05) is 24.3 Å². The van der Waals surface area contributed by atoms with E-state index in [1.165, 1.54) is 17.0 Å². The molecule has 0 aliphatic carbocycles. The van der Waals surface area contributed by atoms with Crippen molar-refractivity contribution < 1.29 is 23.1 Å². The van der Waals surface area contributed by atoms with E-state index in [-0.39, 0.29) is 18.3 Å². The first-order chi connectivity index (χ1) is 20.1. The van der Waals surface area contributed by atoms with Gasteiger partial charge in [-0.05, 0) is 50.1 Å². The number of fused-ring (bicyclic) bond motifs is 2. The molecule has 6 rings (SSSR count). The maximum atomic E-state index is 13.1. The number of piperidine rings is 1. The van der Waals surface area contributed by atoms with Gasteiger partial charge in [-0.15, -0.1) is 0 Å². The Bertz CT molecular complexity index is 1660. The standard InChI is InChI=1S/C30H33F3N6O3/c1-35-25-5-2-3-6-26(25)39(28(35)40)22-11-16-36(17-12-22)14-4-15-38-24-13-18-37(29(41)42)19-23(24)27(34-38)20-7-9-21(10-8-20)30(31,32)33/h2-3,5-10,22H,4,11-19H2,1H3,(H,41,42). The van der Waals surface area contributed by atoms with Crippen LogP contribution in [0.25, 0.3) is 22.3 Å². The van der Waals surface area contributed by atoms with Crippen LogP contribution in [0.4, 0.5) is 18.0 Å². The van der Waals surface area contributed by atoms with E-state index in [1.807, 2.05) is 40.6 Å². The lowest BCUT2D eigenvalue weighted by Gasteiger charge is -2.32. The number of hydrogen-bond donors (Lipinski definition) is 1. The second-order valence-corrected chi connectivity index (χ2v) is 11.2.